The second kappa shape index (κ2) is 12.5. The lowest BCUT2D eigenvalue weighted by Gasteiger charge is -2.35. The normalized spacial score (nSPS) is 16.8. The van der Waals surface area contributed by atoms with E-state index in [1.165, 1.54) is 38.2 Å². The van der Waals surface area contributed by atoms with Crippen LogP contribution in [0.4, 0.5) is 20.2 Å². The van der Waals surface area contributed by atoms with Crippen LogP contribution >= 0.6 is 0 Å². The average molecular weight is 547 g/mol. The zero-order valence-corrected chi connectivity index (χ0v) is 23.8. The molecule has 0 bridgehead atoms. The molecule has 2 fully saturated rings. The zero-order valence-electron chi connectivity index (χ0n) is 23.8. The minimum absolute atomic E-state index is 0.296. The van der Waals surface area contributed by atoms with E-state index in [1.807, 2.05) is 30.3 Å². The molecule has 1 saturated heterocycles. The molecule has 1 aliphatic carbocycles. The van der Waals surface area contributed by atoms with E-state index in [9.17, 15) is 9.18 Å². The van der Waals surface area contributed by atoms with Gasteiger partial charge in [0.1, 0.15) is 11.6 Å². The molecule has 0 unspecified atom stereocenters. The lowest BCUT2D eigenvalue weighted by molar-refractivity contribution is 0.102. The van der Waals surface area contributed by atoms with Crippen molar-refractivity contribution >= 4 is 17.3 Å². The Kier molecular flexibility index (Phi) is 8.81. The maximum Gasteiger partial charge on any atom is 0.255 e. The number of nitrogens with one attached hydrogen (secondary N) is 2. The van der Waals surface area contributed by atoms with Gasteiger partial charge in [-0.05, 0) is 92.4 Å². The minimum atomic E-state index is -0.315. The van der Waals surface area contributed by atoms with E-state index >= 15 is 4.39 Å². The summed E-state index contributed by atoms with van der Waals surface area (Å²) in [5.74, 6) is -0.912. The number of nitrogens with zero attached hydrogens (tertiary/aromatic N) is 2. The van der Waals surface area contributed by atoms with Gasteiger partial charge in [-0.2, -0.15) is 0 Å². The Morgan fingerprint density at radius 2 is 1.60 bits per heavy atom. The van der Waals surface area contributed by atoms with E-state index in [0.29, 0.717) is 46.1 Å². The third kappa shape index (κ3) is 6.53. The second-order valence-electron chi connectivity index (χ2n) is 11.4. The van der Waals surface area contributed by atoms with Gasteiger partial charge in [-0.1, -0.05) is 31.4 Å². The third-order valence-corrected chi connectivity index (χ3v) is 8.33. The molecule has 1 amide bonds. The molecule has 1 saturated carbocycles. The zero-order chi connectivity index (χ0) is 28.2. The molecule has 0 radical (unpaired) electrons. The summed E-state index contributed by atoms with van der Waals surface area (Å²) < 4.78 is 29.4. The van der Waals surface area contributed by atoms with Gasteiger partial charge >= 0.3 is 0 Å². The molecule has 5 rings (SSSR count). The Hall–Kier alpha value is -3.29. The summed E-state index contributed by atoms with van der Waals surface area (Å²) in [6, 6.07) is 14.7. The van der Waals surface area contributed by atoms with Crippen molar-refractivity contribution in [2.75, 3.05) is 43.4 Å². The molecule has 0 spiro atoms. The van der Waals surface area contributed by atoms with Gasteiger partial charge in [-0.3, -0.25) is 4.79 Å². The fraction of sp³-hybridized carbons (Fsp3) is 0.424. The van der Waals surface area contributed by atoms with Crippen LogP contribution in [-0.2, 0) is 6.54 Å². The van der Waals surface area contributed by atoms with E-state index in [-0.39, 0.29) is 17.5 Å². The van der Waals surface area contributed by atoms with Gasteiger partial charge in [-0.15, -0.1) is 0 Å². The highest BCUT2D eigenvalue weighted by molar-refractivity contribution is 6.06. The Balaban J connectivity index is 1.45. The first-order valence-electron chi connectivity index (χ1n) is 14.5. The number of rotatable bonds is 7. The van der Waals surface area contributed by atoms with Crippen LogP contribution < -0.4 is 15.5 Å². The summed E-state index contributed by atoms with van der Waals surface area (Å²) in [5, 5.41) is 6.71. The molecule has 1 heterocycles. The Labute approximate surface area is 236 Å². The summed E-state index contributed by atoms with van der Waals surface area (Å²) >= 11 is 0. The van der Waals surface area contributed by atoms with Crippen molar-refractivity contribution in [3.05, 3.63) is 82.4 Å². The fourth-order valence-corrected chi connectivity index (χ4v) is 5.87. The quantitative estimate of drug-likeness (QED) is 0.347. The van der Waals surface area contributed by atoms with Crippen LogP contribution in [0.5, 0.6) is 0 Å². The summed E-state index contributed by atoms with van der Waals surface area (Å²) in [6.45, 7) is 7.49. The number of hydrogen-bond acceptors (Lipinski definition) is 4. The highest BCUT2D eigenvalue weighted by atomic mass is 19.1. The van der Waals surface area contributed by atoms with Crippen LogP contribution in [0.3, 0.4) is 0 Å². The number of likely N-dealkylation sites (N-methyl/N-ethyl adjacent to an activating group) is 1. The van der Waals surface area contributed by atoms with Crippen LogP contribution in [0.15, 0.2) is 48.5 Å². The smallest absolute Gasteiger partial charge is 0.255 e. The Bertz CT molecular complexity index is 1340. The Morgan fingerprint density at radius 1 is 0.900 bits per heavy atom. The van der Waals surface area contributed by atoms with Gasteiger partial charge < -0.3 is 20.4 Å². The number of carbonyl (C=O) groups is 1. The van der Waals surface area contributed by atoms with Crippen LogP contribution in [-0.4, -0.2) is 50.1 Å². The van der Waals surface area contributed by atoms with Gasteiger partial charge in [0.25, 0.3) is 5.91 Å². The topological polar surface area (TPSA) is 47.6 Å². The highest BCUT2D eigenvalue weighted by Crippen LogP contribution is 2.34. The predicted octanol–water partition coefficient (Wildman–Crippen LogP) is 6.68. The minimum Gasteiger partial charge on any atom is -0.367 e. The number of benzene rings is 3. The fourth-order valence-electron chi connectivity index (χ4n) is 5.87. The number of carbonyl (C=O) groups excluding carboxylic acids is 1. The van der Waals surface area contributed by atoms with Crippen molar-refractivity contribution in [3.8, 4) is 11.1 Å². The molecule has 1 aliphatic heterocycles. The number of halogens is 2. The van der Waals surface area contributed by atoms with Crippen molar-refractivity contribution in [1.82, 2.24) is 10.2 Å². The predicted molar refractivity (Wildman–Crippen MR) is 159 cm³/mol. The largest absolute Gasteiger partial charge is 0.367 e. The molecule has 7 heteroatoms. The van der Waals surface area contributed by atoms with Gasteiger partial charge in [0, 0.05) is 49.9 Å². The van der Waals surface area contributed by atoms with Crippen molar-refractivity contribution in [2.45, 2.75) is 58.5 Å². The van der Waals surface area contributed by atoms with Crippen molar-refractivity contribution in [1.29, 1.82) is 0 Å². The van der Waals surface area contributed by atoms with E-state index in [4.69, 9.17) is 0 Å². The van der Waals surface area contributed by atoms with Crippen molar-refractivity contribution in [3.63, 3.8) is 0 Å². The molecular weight excluding hydrogens is 506 g/mol. The summed E-state index contributed by atoms with van der Waals surface area (Å²) in [4.78, 5) is 17.9. The highest BCUT2D eigenvalue weighted by Gasteiger charge is 2.21. The molecule has 2 N–H and O–H groups in total. The third-order valence-electron chi connectivity index (χ3n) is 8.33. The van der Waals surface area contributed by atoms with Gasteiger partial charge in [0.15, 0.2) is 0 Å². The van der Waals surface area contributed by atoms with Crippen LogP contribution in [0.1, 0.15) is 59.2 Å². The van der Waals surface area contributed by atoms with Gasteiger partial charge in [0.05, 0.1) is 11.4 Å². The van der Waals surface area contributed by atoms with Gasteiger partial charge in [0.2, 0.25) is 0 Å². The summed E-state index contributed by atoms with van der Waals surface area (Å²) in [6.07, 6.45) is 6.22. The molecule has 0 atom stereocenters. The molecule has 2 aliphatic rings. The first kappa shape index (κ1) is 28.2. The summed E-state index contributed by atoms with van der Waals surface area (Å²) in [7, 11) is 2.10. The SMILES string of the molecule is Cc1cc(C(=O)Nc2cc(-c3cc(CNC4CCCCC4)ccc3F)ccc2N2CCN(C)CC2)cc(C)c1F. The first-order chi connectivity index (χ1) is 19.3. The number of piperazine rings is 1. The lowest BCUT2D eigenvalue weighted by atomic mass is 9.95. The summed E-state index contributed by atoms with van der Waals surface area (Å²) in [5.41, 5.74) is 5.03. The molecular formula is C33H40F2N4O. The number of anilines is 2. The maximum absolute atomic E-state index is 15.2. The first-order valence-corrected chi connectivity index (χ1v) is 14.5. The lowest BCUT2D eigenvalue weighted by Crippen LogP contribution is -2.44. The molecule has 212 valence electrons. The average Bonchev–Trinajstić information content (AvgIpc) is 2.96. The molecule has 0 aromatic heterocycles. The maximum atomic E-state index is 15.2. The molecule has 40 heavy (non-hydrogen) atoms. The molecule has 3 aromatic carbocycles. The van der Waals surface area contributed by atoms with E-state index in [1.54, 1.807) is 26.0 Å². The number of amides is 1. The van der Waals surface area contributed by atoms with Crippen molar-refractivity contribution < 1.29 is 13.6 Å². The van der Waals surface area contributed by atoms with Gasteiger partial charge in [-0.25, -0.2) is 8.78 Å². The molecule has 5 nitrogen and oxygen atoms in total. The Morgan fingerprint density at radius 3 is 2.30 bits per heavy atom. The van der Waals surface area contributed by atoms with Crippen LogP contribution in [0.25, 0.3) is 11.1 Å². The molecule has 3 aromatic rings. The monoisotopic (exact) mass is 546 g/mol. The van der Waals surface area contributed by atoms with Crippen LogP contribution in [0.2, 0.25) is 0 Å². The number of hydrogen-bond donors (Lipinski definition) is 2. The standard InChI is InChI=1S/C33H40F2N4O/c1-22-17-26(18-23(2)32(22)35)33(40)37-30-20-25(10-12-31(30)39-15-13-38(3)14-16-39)28-19-24(9-11-29(28)34)21-36-27-7-5-4-6-8-27/h9-12,17-20,27,36H,4-8,13-16,21H2,1-3H3,(H,37,40). The van der Waals surface area contributed by atoms with E-state index in [0.717, 1.165) is 37.4 Å². The second-order valence-corrected chi connectivity index (χ2v) is 11.4. The van der Waals surface area contributed by atoms with E-state index < -0.39 is 0 Å². The van der Waals surface area contributed by atoms with Crippen molar-refractivity contribution in [2.24, 2.45) is 0 Å². The van der Waals surface area contributed by atoms with E-state index in [2.05, 4.69) is 27.5 Å². The number of aryl methyl sites for hydroxylation is 2. The van der Waals surface area contributed by atoms with Crippen LogP contribution in [0, 0.1) is 25.5 Å².